The predicted molar refractivity (Wildman–Crippen MR) is 119 cm³/mol. The van der Waals surface area contributed by atoms with E-state index < -0.39 is 21.8 Å². The van der Waals surface area contributed by atoms with Gasteiger partial charge in [0.05, 0.1) is 10.8 Å². The third-order valence-electron chi connectivity index (χ3n) is 5.44. The maximum absolute atomic E-state index is 13.1. The molecule has 0 saturated carbocycles. The van der Waals surface area contributed by atoms with Crippen molar-refractivity contribution in [2.75, 3.05) is 26.2 Å². The monoisotopic (exact) mass is 461 g/mol. The van der Waals surface area contributed by atoms with E-state index in [2.05, 4.69) is 10.6 Å². The van der Waals surface area contributed by atoms with Crippen molar-refractivity contribution >= 4 is 21.8 Å². The van der Waals surface area contributed by atoms with Crippen LogP contribution >= 0.6 is 0 Å². The first-order valence-corrected chi connectivity index (χ1v) is 12.1. The van der Waals surface area contributed by atoms with Crippen LogP contribution in [0.5, 0.6) is 0 Å². The van der Waals surface area contributed by atoms with Gasteiger partial charge < -0.3 is 10.6 Å². The van der Waals surface area contributed by atoms with E-state index in [4.69, 9.17) is 0 Å². The van der Waals surface area contributed by atoms with Crippen molar-refractivity contribution in [3.8, 4) is 0 Å². The molecule has 1 fully saturated rings. The first-order chi connectivity index (χ1) is 15.4. The van der Waals surface area contributed by atoms with E-state index in [1.54, 1.807) is 0 Å². The number of piperidine rings is 1. The van der Waals surface area contributed by atoms with E-state index in [-0.39, 0.29) is 36.2 Å². The minimum atomic E-state index is -3.79. The van der Waals surface area contributed by atoms with Gasteiger partial charge in [-0.1, -0.05) is 30.3 Å². The second-order valence-corrected chi connectivity index (χ2v) is 9.72. The lowest BCUT2D eigenvalue weighted by Crippen LogP contribution is -2.45. The molecule has 0 spiro atoms. The Kier molecular flexibility index (Phi) is 8.35. The van der Waals surface area contributed by atoms with Crippen molar-refractivity contribution in [1.82, 2.24) is 14.9 Å². The van der Waals surface area contributed by atoms with Gasteiger partial charge in [-0.2, -0.15) is 4.31 Å². The van der Waals surface area contributed by atoms with Gasteiger partial charge >= 0.3 is 0 Å². The Hall–Kier alpha value is -2.78. The average Bonchev–Trinajstić information content (AvgIpc) is 2.80. The Morgan fingerprint density at radius 2 is 1.72 bits per heavy atom. The molecule has 1 atom stereocenters. The Morgan fingerprint density at radius 1 is 1.00 bits per heavy atom. The van der Waals surface area contributed by atoms with Crippen molar-refractivity contribution < 1.29 is 22.4 Å². The molecule has 172 valence electrons. The standard InChI is InChI=1S/C23H28FN3O4S/c24-20-8-10-21(11-9-20)32(30,31)27-16-4-7-19(17-27)23(29)26-15-13-22(28)25-14-12-18-5-2-1-3-6-18/h1-3,5-6,8-11,19H,4,7,12-17H2,(H,25,28)(H,26,29)/t19-/m1/s1. The highest BCUT2D eigenvalue weighted by Crippen LogP contribution is 2.24. The summed E-state index contributed by atoms with van der Waals surface area (Å²) in [6.07, 6.45) is 2.02. The quantitative estimate of drug-likeness (QED) is 0.598. The first kappa shape index (κ1) is 23.9. The van der Waals surface area contributed by atoms with Crippen LogP contribution in [-0.2, 0) is 26.0 Å². The van der Waals surface area contributed by atoms with Crippen LogP contribution in [-0.4, -0.2) is 50.7 Å². The number of rotatable bonds is 9. The van der Waals surface area contributed by atoms with Crippen LogP contribution in [0.3, 0.4) is 0 Å². The minimum Gasteiger partial charge on any atom is -0.356 e. The van der Waals surface area contributed by atoms with E-state index in [0.717, 1.165) is 24.1 Å². The highest BCUT2D eigenvalue weighted by atomic mass is 32.2. The summed E-state index contributed by atoms with van der Waals surface area (Å²) in [4.78, 5) is 24.5. The van der Waals surface area contributed by atoms with Gasteiger partial charge in [0, 0.05) is 32.6 Å². The first-order valence-electron chi connectivity index (χ1n) is 10.7. The molecule has 3 rings (SSSR count). The molecule has 32 heavy (non-hydrogen) atoms. The van der Waals surface area contributed by atoms with Crippen LogP contribution in [0.2, 0.25) is 0 Å². The molecule has 1 heterocycles. The Labute approximate surface area is 188 Å². The molecule has 0 radical (unpaired) electrons. The maximum atomic E-state index is 13.1. The van der Waals surface area contributed by atoms with E-state index in [1.165, 1.54) is 16.4 Å². The minimum absolute atomic E-state index is 0.00660. The number of amides is 2. The Morgan fingerprint density at radius 3 is 2.44 bits per heavy atom. The smallest absolute Gasteiger partial charge is 0.243 e. The van der Waals surface area contributed by atoms with Crippen molar-refractivity contribution in [3.05, 3.63) is 66.0 Å². The lowest BCUT2D eigenvalue weighted by atomic mass is 9.99. The number of benzene rings is 2. The lowest BCUT2D eigenvalue weighted by Gasteiger charge is -2.31. The fourth-order valence-electron chi connectivity index (χ4n) is 3.65. The molecule has 1 aliphatic heterocycles. The summed E-state index contributed by atoms with van der Waals surface area (Å²) in [7, 11) is -3.79. The van der Waals surface area contributed by atoms with Gasteiger partial charge in [0.25, 0.3) is 0 Å². The zero-order valence-electron chi connectivity index (χ0n) is 17.8. The number of carbonyl (C=O) groups is 2. The molecule has 2 amide bonds. The molecule has 0 unspecified atom stereocenters. The van der Waals surface area contributed by atoms with Crippen LogP contribution in [0.15, 0.2) is 59.5 Å². The van der Waals surface area contributed by atoms with E-state index in [0.29, 0.717) is 25.9 Å². The summed E-state index contributed by atoms with van der Waals surface area (Å²) >= 11 is 0. The molecule has 2 N–H and O–H groups in total. The predicted octanol–water partition coefficient (Wildman–Crippen LogP) is 2.09. The van der Waals surface area contributed by atoms with Crippen molar-refractivity contribution in [2.24, 2.45) is 5.92 Å². The third-order valence-corrected chi connectivity index (χ3v) is 7.32. The van der Waals surface area contributed by atoms with Gasteiger partial charge in [0.2, 0.25) is 21.8 Å². The highest BCUT2D eigenvalue weighted by molar-refractivity contribution is 7.89. The zero-order chi connectivity index (χ0) is 23.0. The summed E-state index contributed by atoms with van der Waals surface area (Å²) in [5.74, 6) is -1.41. The summed E-state index contributed by atoms with van der Waals surface area (Å²) in [6.45, 7) is 1.09. The normalized spacial score (nSPS) is 17.0. The number of hydrogen-bond donors (Lipinski definition) is 2. The van der Waals surface area contributed by atoms with Crippen LogP contribution in [0.1, 0.15) is 24.8 Å². The Balaban J connectivity index is 1.42. The second-order valence-electron chi connectivity index (χ2n) is 7.78. The molecule has 2 aromatic carbocycles. The summed E-state index contributed by atoms with van der Waals surface area (Å²) < 4.78 is 40.0. The molecular formula is C23H28FN3O4S. The van der Waals surface area contributed by atoms with Gasteiger partial charge in [-0.3, -0.25) is 9.59 Å². The third kappa shape index (κ3) is 6.61. The number of nitrogens with zero attached hydrogens (tertiary/aromatic N) is 1. The van der Waals surface area contributed by atoms with E-state index in [9.17, 15) is 22.4 Å². The molecule has 2 aromatic rings. The number of hydrogen-bond acceptors (Lipinski definition) is 4. The molecule has 0 aliphatic carbocycles. The maximum Gasteiger partial charge on any atom is 0.243 e. The van der Waals surface area contributed by atoms with Crippen LogP contribution < -0.4 is 10.6 Å². The fourth-order valence-corrected chi connectivity index (χ4v) is 5.18. The van der Waals surface area contributed by atoms with Crippen LogP contribution in [0.4, 0.5) is 4.39 Å². The highest BCUT2D eigenvalue weighted by Gasteiger charge is 2.33. The number of halogens is 1. The Bertz CT molecular complexity index is 1010. The van der Waals surface area contributed by atoms with Gasteiger partial charge in [-0.05, 0) is 49.1 Å². The number of carbonyl (C=O) groups excluding carboxylic acids is 2. The molecular weight excluding hydrogens is 433 g/mol. The SMILES string of the molecule is O=C(CCNC(=O)[C@@H]1CCCN(S(=O)(=O)c2ccc(F)cc2)C1)NCCc1ccccc1. The molecule has 9 heteroatoms. The molecule has 1 aliphatic rings. The van der Waals surface area contributed by atoms with Gasteiger partial charge in [0.1, 0.15) is 5.82 Å². The second kappa shape index (κ2) is 11.2. The summed E-state index contributed by atoms with van der Waals surface area (Å²) in [6, 6.07) is 14.5. The summed E-state index contributed by atoms with van der Waals surface area (Å²) in [5.41, 5.74) is 1.14. The topological polar surface area (TPSA) is 95.6 Å². The van der Waals surface area contributed by atoms with Gasteiger partial charge in [0.15, 0.2) is 0 Å². The van der Waals surface area contributed by atoms with Crippen LogP contribution in [0.25, 0.3) is 0 Å². The number of sulfonamides is 1. The molecule has 0 bridgehead atoms. The summed E-state index contributed by atoms with van der Waals surface area (Å²) in [5, 5.41) is 5.57. The molecule has 1 saturated heterocycles. The van der Waals surface area contributed by atoms with Crippen molar-refractivity contribution in [2.45, 2.75) is 30.6 Å². The molecule has 0 aromatic heterocycles. The van der Waals surface area contributed by atoms with Gasteiger partial charge in [-0.15, -0.1) is 0 Å². The van der Waals surface area contributed by atoms with E-state index >= 15 is 0 Å². The fraction of sp³-hybridized carbons (Fsp3) is 0.391. The molecule has 7 nitrogen and oxygen atoms in total. The van der Waals surface area contributed by atoms with Crippen molar-refractivity contribution in [3.63, 3.8) is 0 Å². The average molecular weight is 462 g/mol. The number of nitrogens with one attached hydrogen (secondary N) is 2. The van der Waals surface area contributed by atoms with Crippen molar-refractivity contribution in [1.29, 1.82) is 0 Å². The largest absolute Gasteiger partial charge is 0.356 e. The zero-order valence-corrected chi connectivity index (χ0v) is 18.6. The van der Waals surface area contributed by atoms with E-state index in [1.807, 2.05) is 30.3 Å². The lowest BCUT2D eigenvalue weighted by molar-refractivity contribution is -0.126. The van der Waals surface area contributed by atoms with Gasteiger partial charge in [-0.25, -0.2) is 12.8 Å². The van der Waals surface area contributed by atoms with Crippen LogP contribution in [0, 0.1) is 11.7 Å².